The van der Waals surface area contributed by atoms with Gasteiger partial charge in [-0.3, -0.25) is 14.9 Å². The second-order valence-corrected chi connectivity index (χ2v) is 4.01. The van der Waals surface area contributed by atoms with Crippen LogP contribution in [0.4, 0.5) is 11.4 Å². The third kappa shape index (κ3) is 3.26. The molecule has 1 aromatic heterocycles. The van der Waals surface area contributed by atoms with Crippen molar-refractivity contribution in [3.8, 4) is 0 Å². The average molecular weight is 278 g/mol. The maximum absolute atomic E-state index is 11.9. The van der Waals surface area contributed by atoms with Gasteiger partial charge in [-0.25, -0.2) is 4.98 Å². The summed E-state index contributed by atoms with van der Waals surface area (Å²) in [5.74, 6) is -0.378. The highest BCUT2D eigenvalue weighted by Crippen LogP contribution is 2.15. The topological polar surface area (TPSA) is 85.1 Å². The van der Waals surface area contributed by atoms with E-state index in [1.54, 1.807) is 6.07 Å². The van der Waals surface area contributed by atoms with Crippen molar-refractivity contribution in [2.45, 2.75) is 0 Å². The lowest BCUT2D eigenvalue weighted by Gasteiger charge is -2.04. The number of hydrogen-bond donors (Lipinski definition) is 1. The minimum Gasteiger partial charge on any atom is -0.322 e. The molecule has 1 aromatic carbocycles. The van der Waals surface area contributed by atoms with Gasteiger partial charge in [-0.05, 0) is 24.3 Å². The number of benzene rings is 1. The van der Waals surface area contributed by atoms with Crippen LogP contribution in [0.15, 0.2) is 42.6 Å². The summed E-state index contributed by atoms with van der Waals surface area (Å²) < 4.78 is 0. The molecule has 1 amide bonds. The number of pyridine rings is 1. The van der Waals surface area contributed by atoms with Crippen LogP contribution < -0.4 is 5.32 Å². The highest BCUT2D eigenvalue weighted by atomic mass is 35.5. The molecule has 0 unspecified atom stereocenters. The first-order chi connectivity index (χ1) is 9.06. The zero-order valence-electron chi connectivity index (χ0n) is 9.54. The van der Waals surface area contributed by atoms with Gasteiger partial charge in [0.05, 0.1) is 4.92 Å². The van der Waals surface area contributed by atoms with E-state index >= 15 is 0 Å². The molecule has 0 bridgehead atoms. The van der Waals surface area contributed by atoms with Gasteiger partial charge in [0.25, 0.3) is 11.6 Å². The fraction of sp³-hybridized carbons (Fsp3) is 0. The Hall–Kier alpha value is -2.47. The van der Waals surface area contributed by atoms with Crippen molar-refractivity contribution in [1.29, 1.82) is 0 Å². The Kier molecular flexibility index (Phi) is 3.72. The number of amides is 1. The lowest BCUT2D eigenvalue weighted by molar-refractivity contribution is -0.384. The number of rotatable bonds is 3. The first kappa shape index (κ1) is 13.0. The smallest absolute Gasteiger partial charge is 0.269 e. The molecule has 0 aliphatic heterocycles. The molecule has 6 nitrogen and oxygen atoms in total. The summed E-state index contributed by atoms with van der Waals surface area (Å²) in [6, 6.07) is 8.41. The quantitative estimate of drug-likeness (QED) is 0.531. The second kappa shape index (κ2) is 5.45. The first-order valence-electron chi connectivity index (χ1n) is 5.23. The molecule has 1 heterocycles. The van der Waals surface area contributed by atoms with Crippen LogP contribution >= 0.6 is 11.6 Å². The van der Waals surface area contributed by atoms with Gasteiger partial charge in [0.1, 0.15) is 5.15 Å². The second-order valence-electron chi connectivity index (χ2n) is 3.63. The number of halogens is 1. The molecular formula is C12H8ClN3O3. The molecule has 1 N–H and O–H groups in total. The molecule has 0 aliphatic carbocycles. The maximum Gasteiger partial charge on any atom is 0.269 e. The lowest BCUT2D eigenvalue weighted by atomic mass is 10.2. The molecule has 2 rings (SSSR count). The summed E-state index contributed by atoms with van der Waals surface area (Å²) >= 11 is 5.69. The lowest BCUT2D eigenvalue weighted by Crippen LogP contribution is -2.11. The van der Waals surface area contributed by atoms with Crippen LogP contribution in [0, 0.1) is 10.1 Å². The van der Waals surface area contributed by atoms with Crippen molar-refractivity contribution in [3.63, 3.8) is 0 Å². The van der Waals surface area contributed by atoms with Crippen molar-refractivity contribution in [3.05, 3.63) is 63.4 Å². The van der Waals surface area contributed by atoms with E-state index in [4.69, 9.17) is 11.6 Å². The van der Waals surface area contributed by atoms with Gasteiger partial charge in [0.2, 0.25) is 0 Å². The van der Waals surface area contributed by atoms with Crippen molar-refractivity contribution < 1.29 is 9.72 Å². The number of carbonyl (C=O) groups is 1. The molecule has 0 fully saturated rings. The number of nitrogens with one attached hydrogen (secondary N) is 1. The van der Waals surface area contributed by atoms with E-state index in [1.165, 1.54) is 36.5 Å². The van der Waals surface area contributed by atoms with Gasteiger partial charge >= 0.3 is 0 Å². The third-order valence-corrected chi connectivity index (χ3v) is 2.53. The largest absolute Gasteiger partial charge is 0.322 e. The van der Waals surface area contributed by atoms with Crippen LogP contribution in [-0.4, -0.2) is 15.8 Å². The van der Waals surface area contributed by atoms with Crippen molar-refractivity contribution in [1.82, 2.24) is 4.98 Å². The summed E-state index contributed by atoms with van der Waals surface area (Å²) in [6.07, 6.45) is 1.47. The monoisotopic (exact) mass is 277 g/mol. The summed E-state index contributed by atoms with van der Waals surface area (Å²) in [4.78, 5) is 25.6. The molecule has 0 atom stereocenters. The van der Waals surface area contributed by atoms with E-state index in [1.807, 2.05) is 0 Å². The molecule has 0 spiro atoms. The van der Waals surface area contributed by atoms with Gasteiger partial charge in [-0.15, -0.1) is 0 Å². The van der Waals surface area contributed by atoms with Crippen molar-refractivity contribution >= 4 is 28.9 Å². The minimum absolute atomic E-state index is 0.0662. The average Bonchev–Trinajstić information content (AvgIpc) is 2.39. The fourth-order valence-corrected chi connectivity index (χ4v) is 1.59. The molecule has 2 aromatic rings. The van der Waals surface area contributed by atoms with E-state index in [-0.39, 0.29) is 16.7 Å². The Bertz CT molecular complexity index is 628. The molecule has 0 saturated heterocycles. The number of nitrogens with zero attached hydrogens (tertiary/aromatic N) is 2. The van der Waals surface area contributed by atoms with Crippen LogP contribution in [0.1, 0.15) is 10.4 Å². The standard InChI is InChI=1S/C12H8ClN3O3/c13-11-7-9(5-6-14-11)15-12(17)8-1-3-10(4-2-8)16(18)19/h1-7H,(H,14,15,17). The normalized spacial score (nSPS) is 9.95. The van der Waals surface area contributed by atoms with Crippen molar-refractivity contribution in [2.75, 3.05) is 5.32 Å². The van der Waals surface area contributed by atoms with E-state index in [0.29, 0.717) is 11.3 Å². The number of anilines is 1. The summed E-state index contributed by atoms with van der Waals surface area (Å²) in [5.41, 5.74) is 0.755. The Morgan fingerprint density at radius 3 is 2.53 bits per heavy atom. The number of carbonyl (C=O) groups excluding carboxylic acids is 1. The highest BCUT2D eigenvalue weighted by Gasteiger charge is 2.09. The zero-order valence-corrected chi connectivity index (χ0v) is 10.3. The maximum atomic E-state index is 11.9. The highest BCUT2D eigenvalue weighted by molar-refractivity contribution is 6.29. The van der Waals surface area contributed by atoms with Gasteiger partial charge < -0.3 is 5.32 Å². The SMILES string of the molecule is O=C(Nc1ccnc(Cl)c1)c1ccc([N+](=O)[O-])cc1. The van der Waals surface area contributed by atoms with Crippen LogP contribution in [-0.2, 0) is 0 Å². The number of nitro benzene ring substituents is 1. The van der Waals surface area contributed by atoms with Crippen LogP contribution in [0.5, 0.6) is 0 Å². The predicted octanol–water partition coefficient (Wildman–Crippen LogP) is 2.90. The van der Waals surface area contributed by atoms with Gasteiger partial charge in [-0.2, -0.15) is 0 Å². The molecule has 0 aliphatic rings. The minimum atomic E-state index is -0.523. The van der Waals surface area contributed by atoms with E-state index < -0.39 is 4.92 Å². The summed E-state index contributed by atoms with van der Waals surface area (Å²) in [7, 11) is 0. The van der Waals surface area contributed by atoms with E-state index in [0.717, 1.165) is 0 Å². The molecular weight excluding hydrogens is 270 g/mol. The third-order valence-electron chi connectivity index (χ3n) is 2.32. The molecule has 96 valence electrons. The van der Waals surface area contributed by atoms with E-state index in [2.05, 4.69) is 10.3 Å². The molecule has 19 heavy (non-hydrogen) atoms. The fourth-order valence-electron chi connectivity index (χ4n) is 1.42. The molecule has 0 saturated carbocycles. The number of hydrogen-bond acceptors (Lipinski definition) is 4. The van der Waals surface area contributed by atoms with Gasteiger partial charge in [0, 0.05) is 29.6 Å². The van der Waals surface area contributed by atoms with Crippen molar-refractivity contribution in [2.24, 2.45) is 0 Å². The van der Waals surface area contributed by atoms with Gasteiger partial charge in [-0.1, -0.05) is 11.6 Å². The summed E-state index contributed by atoms with van der Waals surface area (Å²) in [6.45, 7) is 0. The number of aromatic nitrogens is 1. The van der Waals surface area contributed by atoms with Crippen LogP contribution in [0.25, 0.3) is 0 Å². The Morgan fingerprint density at radius 2 is 1.95 bits per heavy atom. The van der Waals surface area contributed by atoms with Gasteiger partial charge in [0.15, 0.2) is 0 Å². The number of nitro groups is 1. The Labute approximate surface area is 113 Å². The Morgan fingerprint density at radius 1 is 1.26 bits per heavy atom. The Balaban J connectivity index is 2.14. The first-order valence-corrected chi connectivity index (χ1v) is 5.61. The van der Waals surface area contributed by atoms with E-state index in [9.17, 15) is 14.9 Å². The number of non-ortho nitro benzene ring substituents is 1. The van der Waals surface area contributed by atoms with Crippen LogP contribution in [0.2, 0.25) is 5.15 Å². The molecule has 0 radical (unpaired) electrons. The zero-order chi connectivity index (χ0) is 13.8. The summed E-state index contributed by atoms with van der Waals surface area (Å²) in [5, 5.41) is 13.4. The predicted molar refractivity (Wildman–Crippen MR) is 70.3 cm³/mol. The molecule has 7 heteroatoms. The van der Waals surface area contributed by atoms with Crippen LogP contribution in [0.3, 0.4) is 0 Å².